The number of pyridine rings is 1. The molecule has 3 rings (SSSR count). The van der Waals surface area contributed by atoms with Crippen molar-refractivity contribution in [2.24, 2.45) is 0 Å². The molecule has 0 atom stereocenters. The zero-order valence-corrected chi connectivity index (χ0v) is 12.4. The Bertz CT molecular complexity index is 506. The molecule has 0 unspecified atom stereocenters. The summed E-state index contributed by atoms with van der Waals surface area (Å²) < 4.78 is 10.5. The predicted octanol–water partition coefficient (Wildman–Crippen LogP) is 0.0264. The van der Waals surface area contributed by atoms with Gasteiger partial charge in [0.1, 0.15) is 0 Å². The number of nitrogens with zero attached hydrogens (tertiary/aromatic N) is 3. The fourth-order valence-electron chi connectivity index (χ4n) is 2.57. The second-order valence-corrected chi connectivity index (χ2v) is 5.27. The van der Waals surface area contributed by atoms with Gasteiger partial charge in [0.25, 0.3) is 11.8 Å². The van der Waals surface area contributed by atoms with Crippen molar-refractivity contribution in [2.45, 2.75) is 0 Å². The SMILES string of the molecule is O=C(c1cncc(C(=O)N2CCOCC2)c1)N1CCOCC1. The van der Waals surface area contributed by atoms with Crippen LogP contribution in [0.1, 0.15) is 20.7 Å². The molecular formula is C15H19N3O4. The highest BCUT2D eigenvalue weighted by Crippen LogP contribution is 2.11. The summed E-state index contributed by atoms with van der Waals surface area (Å²) in [6.45, 7) is 4.47. The quantitative estimate of drug-likeness (QED) is 0.770. The van der Waals surface area contributed by atoms with Crippen molar-refractivity contribution >= 4 is 11.8 Å². The molecule has 0 aliphatic carbocycles. The van der Waals surface area contributed by atoms with Gasteiger partial charge in [0.15, 0.2) is 0 Å². The molecule has 7 nitrogen and oxygen atoms in total. The zero-order valence-electron chi connectivity index (χ0n) is 12.4. The topological polar surface area (TPSA) is 72.0 Å². The molecule has 1 aromatic rings. The largest absolute Gasteiger partial charge is 0.378 e. The number of aromatic nitrogens is 1. The summed E-state index contributed by atoms with van der Waals surface area (Å²) in [7, 11) is 0. The van der Waals surface area contributed by atoms with Crippen LogP contribution in [0.2, 0.25) is 0 Å². The van der Waals surface area contributed by atoms with Crippen LogP contribution in [0.15, 0.2) is 18.5 Å². The van der Waals surface area contributed by atoms with Gasteiger partial charge >= 0.3 is 0 Å². The maximum Gasteiger partial charge on any atom is 0.255 e. The molecule has 2 amide bonds. The van der Waals surface area contributed by atoms with Gasteiger partial charge in [0.05, 0.1) is 37.6 Å². The number of morpholine rings is 2. The number of amides is 2. The molecule has 2 aliphatic rings. The standard InChI is InChI=1S/C15H19N3O4/c19-14(17-1-5-21-6-2-17)12-9-13(11-16-10-12)15(20)18-3-7-22-8-4-18/h9-11H,1-8H2. The first-order valence-corrected chi connectivity index (χ1v) is 7.45. The monoisotopic (exact) mass is 305 g/mol. The maximum atomic E-state index is 12.4. The molecule has 2 saturated heterocycles. The van der Waals surface area contributed by atoms with Crippen LogP contribution in [0.4, 0.5) is 0 Å². The number of ether oxygens (including phenoxy) is 2. The number of rotatable bonds is 2. The van der Waals surface area contributed by atoms with E-state index in [1.165, 1.54) is 12.4 Å². The number of hydrogen-bond donors (Lipinski definition) is 0. The highest BCUT2D eigenvalue weighted by atomic mass is 16.5. The van der Waals surface area contributed by atoms with Gasteiger partial charge in [-0.15, -0.1) is 0 Å². The molecule has 2 fully saturated rings. The van der Waals surface area contributed by atoms with E-state index >= 15 is 0 Å². The van der Waals surface area contributed by atoms with Crippen LogP contribution in [0, 0.1) is 0 Å². The van der Waals surface area contributed by atoms with Crippen LogP contribution in [-0.2, 0) is 9.47 Å². The van der Waals surface area contributed by atoms with E-state index in [0.717, 1.165) is 0 Å². The lowest BCUT2D eigenvalue weighted by Crippen LogP contribution is -2.41. The first-order chi connectivity index (χ1) is 10.8. The molecule has 0 spiro atoms. The molecule has 118 valence electrons. The molecule has 7 heteroatoms. The van der Waals surface area contributed by atoms with Gasteiger partial charge in [0, 0.05) is 38.6 Å². The summed E-state index contributed by atoms with van der Waals surface area (Å²) in [6.07, 6.45) is 3.02. The summed E-state index contributed by atoms with van der Waals surface area (Å²) >= 11 is 0. The van der Waals surface area contributed by atoms with Crippen molar-refractivity contribution in [3.63, 3.8) is 0 Å². The van der Waals surface area contributed by atoms with Crippen LogP contribution in [0.25, 0.3) is 0 Å². The van der Waals surface area contributed by atoms with Crippen LogP contribution >= 0.6 is 0 Å². The van der Waals surface area contributed by atoms with E-state index < -0.39 is 0 Å². The van der Waals surface area contributed by atoms with Gasteiger partial charge in [-0.25, -0.2) is 0 Å². The van der Waals surface area contributed by atoms with Gasteiger partial charge < -0.3 is 19.3 Å². The average Bonchev–Trinajstić information content (AvgIpc) is 2.62. The second kappa shape index (κ2) is 6.85. The Morgan fingerprint density at radius 2 is 1.23 bits per heavy atom. The Balaban J connectivity index is 1.73. The van der Waals surface area contributed by atoms with Gasteiger partial charge in [-0.3, -0.25) is 14.6 Å². The average molecular weight is 305 g/mol. The van der Waals surface area contributed by atoms with Gasteiger partial charge in [0.2, 0.25) is 0 Å². The molecule has 0 radical (unpaired) electrons. The van der Waals surface area contributed by atoms with Gasteiger partial charge in [-0.2, -0.15) is 0 Å². The van der Waals surface area contributed by atoms with E-state index in [-0.39, 0.29) is 11.8 Å². The molecule has 0 saturated carbocycles. The Kier molecular flexibility index (Phi) is 4.65. The lowest BCUT2D eigenvalue weighted by atomic mass is 10.1. The predicted molar refractivity (Wildman–Crippen MR) is 77.7 cm³/mol. The summed E-state index contributed by atoms with van der Waals surface area (Å²) in [5.74, 6) is -0.208. The third-order valence-electron chi connectivity index (χ3n) is 3.83. The summed E-state index contributed by atoms with van der Waals surface area (Å²) in [5.41, 5.74) is 0.891. The van der Waals surface area contributed by atoms with E-state index in [1.807, 2.05) is 0 Å². The first kappa shape index (κ1) is 14.9. The lowest BCUT2D eigenvalue weighted by molar-refractivity contribution is 0.0297. The number of hydrogen-bond acceptors (Lipinski definition) is 5. The molecule has 2 aliphatic heterocycles. The molecule has 0 aromatic carbocycles. The molecule has 3 heterocycles. The number of carbonyl (C=O) groups is 2. The van der Waals surface area contributed by atoms with Crippen LogP contribution in [-0.4, -0.2) is 79.2 Å². The lowest BCUT2D eigenvalue weighted by Gasteiger charge is -2.28. The second-order valence-electron chi connectivity index (χ2n) is 5.27. The van der Waals surface area contributed by atoms with Crippen LogP contribution < -0.4 is 0 Å². The Morgan fingerprint density at radius 1 is 0.818 bits per heavy atom. The number of carbonyl (C=O) groups excluding carboxylic acids is 2. The van der Waals surface area contributed by atoms with E-state index in [0.29, 0.717) is 63.7 Å². The minimum atomic E-state index is -0.104. The molecule has 0 bridgehead atoms. The molecule has 0 N–H and O–H groups in total. The maximum absolute atomic E-state index is 12.4. The first-order valence-electron chi connectivity index (χ1n) is 7.45. The van der Waals surface area contributed by atoms with E-state index in [4.69, 9.17) is 9.47 Å². The van der Waals surface area contributed by atoms with E-state index in [9.17, 15) is 9.59 Å². The van der Waals surface area contributed by atoms with Crippen molar-refractivity contribution in [2.75, 3.05) is 52.6 Å². The van der Waals surface area contributed by atoms with Gasteiger partial charge in [-0.1, -0.05) is 0 Å². The van der Waals surface area contributed by atoms with Crippen molar-refractivity contribution in [3.8, 4) is 0 Å². The van der Waals surface area contributed by atoms with Crippen molar-refractivity contribution in [1.82, 2.24) is 14.8 Å². The third kappa shape index (κ3) is 3.26. The highest BCUT2D eigenvalue weighted by Gasteiger charge is 2.22. The summed E-state index contributed by atoms with van der Waals surface area (Å²) in [5, 5.41) is 0. The minimum Gasteiger partial charge on any atom is -0.378 e. The molecule has 22 heavy (non-hydrogen) atoms. The van der Waals surface area contributed by atoms with Crippen molar-refractivity contribution in [1.29, 1.82) is 0 Å². The fourth-order valence-corrected chi connectivity index (χ4v) is 2.57. The smallest absolute Gasteiger partial charge is 0.255 e. The van der Waals surface area contributed by atoms with E-state index in [2.05, 4.69) is 4.98 Å². The summed E-state index contributed by atoms with van der Waals surface area (Å²) in [4.78, 5) is 32.4. The fraction of sp³-hybridized carbons (Fsp3) is 0.533. The Morgan fingerprint density at radius 3 is 1.64 bits per heavy atom. The van der Waals surface area contributed by atoms with E-state index in [1.54, 1.807) is 15.9 Å². The molecular weight excluding hydrogens is 286 g/mol. The minimum absolute atomic E-state index is 0.104. The van der Waals surface area contributed by atoms with Crippen LogP contribution in [0.3, 0.4) is 0 Å². The third-order valence-corrected chi connectivity index (χ3v) is 3.83. The van der Waals surface area contributed by atoms with Crippen LogP contribution in [0.5, 0.6) is 0 Å². The molecule has 1 aromatic heterocycles. The summed E-state index contributed by atoms with van der Waals surface area (Å²) in [6, 6.07) is 1.63. The van der Waals surface area contributed by atoms with Gasteiger partial charge in [-0.05, 0) is 6.07 Å². The normalized spacial score (nSPS) is 19.1. The Hall–Kier alpha value is -1.99. The highest BCUT2D eigenvalue weighted by molar-refractivity contribution is 5.99. The Labute approximate surface area is 128 Å². The zero-order chi connectivity index (χ0) is 15.4. The van der Waals surface area contributed by atoms with Crippen molar-refractivity contribution in [3.05, 3.63) is 29.6 Å². The van der Waals surface area contributed by atoms with Crippen molar-refractivity contribution < 1.29 is 19.1 Å².